The molecule has 1 aliphatic rings. The Bertz CT molecular complexity index is 502. The average Bonchev–Trinajstić information content (AvgIpc) is 2.58. The molecular formula is C18H22N2O. The van der Waals surface area contributed by atoms with Gasteiger partial charge in [0.25, 0.3) is 0 Å². The molecule has 1 aliphatic heterocycles. The van der Waals surface area contributed by atoms with Gasteiger partial charge in [-0.2, -0.15) is 0 Å². The molecule has 0 saturated carbocycles. The Morgan fingerprint density at radius 3 is 2.71 bits per heavy atom. The van der Waals surface area contributed by atoms with Crippen molar-refractivity contribution in [3.8, 4) is 0 Å². The number of pyridine rings is 1. The van der Waals surface area contributed by atoms with Crippen molar-refractivity contribution in [2.45, 2.75) is 31.3 Å². The van der Waals surface area contributed by atoms with E-state index >= 15 is 0 Å². The van der Waals surface area contributed by atoms with Crippen LogP contribution in [0.5, 0.6) is 0 Å². The molecular weight excluding hydrogens is 260 g/mol. The van der Waals surface area contributed by atoms with Gasteiger partial charge in [0.1, 0.15) is 0 Å². The molecule has 0 radical (unpaired) electrons. The first-order valence-corrected chi connectivity index (χ1v) is 7.71. The molecule has 0 bridgehead atoms. The minimum absolute atomic E-state index is 0.0664. The van der Waals surface area contributed by atoms with E-state index in [0.29, 0.717) is 6.04 Å². The molecule has 3 heteroatoms. The van der Waals surface area contributed by atoms with Gasteiger partial charge in [0.2, 0.25) is 0 Å². The van der Waals surface area contributed by atoms with Gasteiger partial charge in [0.15, 0.2) is 0 Å². The van der Waals surface area contributed by atoms with Crippen molar-refractivity contribution < 1.29 is 5.11 Å². The topological polar surface area (TPSA) is 36.4 Å². The van der Waals surface area contributed by atoms with Gasteiger partial charge in [0.05, 0.1) is 12.6 Å². The number of aliphatic hydroxyl groups is 1. The Balaban J connectivity index is 1.89. The molecule has 1 aromatic heterocycles. The van der Waals surface area contributed by atoms with Crippen LogP contribution in [0.25, 0.3) is 0 Å². The molecule has 0 aliphatic carbocycles. The summed E-state index contributed by atoms with van der Waals surface area (Å²) in [4.78, 5) is 6.70. The molecule has 0 unspecified atom stereocenters. The minimum atomic E-state index is 0.0664. The number of likely N-dealkylation sites (tertiary alicyclic amines) is 1. The number of aromatic nitrogens is 1. The lowest BCUT2D eigenvalue weighted by molar-refractivity contribution is 0.0557. The van der Waals surface area contributed by atoms with E-state index in [2.05, 4.69) is 28.1 Å². The maximum atomic E-state index is 9.94. The lowest BCUT2D eigenvalue weighted by atomic mass is 9.92. The molecule has 2 heterocycles. The Morgan fingerprint density at radius 1 is 1.14 bits per heavy atom. The molecule has 1 aromatic carbocycles. The fraction of sp³-hybridized carbons (Fsp3) is 0.389. The highest BCUT2D eigenvalue weighted by atomic mass is 16.3. The molecule has 110 valence electrons. The van der Waals surface area contributed by atoms with Crippen molar-refractivity contribution in [2.75, 3.05) is 13.2 Å². The van der Waals surface area contributed by atoms with E-state index in [1.807, 2.05) is 36.7 Å². The third kappa shape index (κ3) is 3.14. The lowest BCUT2D eigenvalue weighted by Gasteiger charge is -2.41. The van der Waals surface area contributed by atoms with Crippen LogP contribution < -0.4 is 0 Å². The summed E-state index contributed by atoms with van der Waals surface area (Å²) in [6.07, 6.45) is 7.35. The Labute approximate surface area is 126 Å². The van der Waals surface area contributed by atoms with Gasteiger partial charge in [-0.1, -0.05) is 42.8 Å². The van der Waals surface area contributed by atoms with Crippen molar-refractivity contribution >= 4 is 0 Å². The van der Waals surface area contributed by atoms with Crippen LogP contribution in [-0.2, 0) is 0 Å². The monoisotopic (exact) mass is 282 g/mol. The van der Waals surface area contributed by atoms with E-state index in [4.69, 9.17) is 0 Å². The van der Waals surface area contributed by atoms with Crippen molar-refractivity contribution in [3.05, 3.63) is 66.0 Å². The third-order valence-corrected chi connectivity index (χ3v) is 4.37. The molecule has 2 aromatic rings. The number of nitrogens with zero attached hydrogens (tertiary/aromatic N) is 2. The lowest BCUT2D eigenvalue weighted by Crippen LogP contribution is -2.38. The first kappa shape index (κ1) is 14.2. The van der Waals surface area contributed by atoms with Gasteiger partial charge in [-0.15, -0.1) is 0 Å². The Kier molecular flexibility index (Phi) is 4.63. The zero-order chi connectivity index (χ0) is 14.5. The second-order valence-electron chi connectivity index (χ2n) is 5.64. The largest absolute Gasteiger partial charge is 0.394 e. The Morgan fingerprint density at radius 2 is 2.00 bits per heavy atom. The zero-order valence-corrected chi connectivity index (χ0v) is 12.2. The summed E-state index contributed by atoms with van der Waals surface area (Å²) >= 11 is 0. The predicted octanol–water partition coefficient (Wildman–Crippen LogP) is 3.34. The molecule has 2 atom stereocenters. The van der Waals surface area contributed by atoms with Gasteiger partial charge in [-0.25, -0.2) is 0 Å². The second kappa shape index (κ2) is 6.83. The van der Waals surface area contributed by atoms with Crippen molar-refractivity contribution in [3.63, 3.8) is 0 Å². The van der Waals surface area contributed by atoms with Crippen LogP contribution >= 0.6 is 0 Å². The van der Waals surface area contributed by atoms with Crippen LogP contribution in [0, 0.1) is 0 Å². The van der Waals surface area contributed by atoms with E-state index in [1.54, 1.807) is 0 Å². The maximum absolute atomic E-state index is 9.94. The molecule has 1 saturated heterocycles. The molecule has 3 nitrogen and oxygen atoms in total. The fourth-order valence-electron chi connectivity index (χ4n) is 3.33. The first-order valence-electron chi connectivity index (χ1n) is 7.71. The summed E-state index contributed by atoms with van der Waals surface area (Å²) in [6, 6.07) is 14.9. The average molecular weight is 282 g/mol. The third-order valence-electron chi connectivity index (χ3n) is 4.37. The van der Waals surface area contributed by atoms with E-state index in [0.717, 1.165) is 13.0 Å². The summed E-state index contributed by atoms with van der Waals surface area (Å²) in [7, 11) is 0. The van der Waals surface area contributed by atoms with Gasteiger partial charge >= 0.3 is 0 Å². The van der Waals surface area contributed by atoms with Crippen molar-refractivity contribution in [2.24, 2.45) is 0 Å². The second-order valence-corrected chi connectivity index (χ2v) is 5.64. The van der Waals surface area contributed by atoms with Gasteiger partial charge < -0.3 is 5.11 Å². The minimum Gasteiger partial charge on any atom is -0.394 e. The normalized spacial score (nSPS) is 21.1. The number of aliphatic hydroxyl groups excluding tert-OH is 1. The van der Waals surface area contributed by atoms with E-state index < -0.39 is 0 Å². The summed E-state index contributed by atoms with van der Waals surface area (Å²) in [6.45, 7) is 1.18. The maximum Gasteiger partial charge on any atom is 0.0628 e. The van der Waals surface area contributed by atoms with Crippen molar-refractivity contribution in [1.82, 2.24) is 9.88 Å². The molecule has 21 heavy (non-hydrogen) atoms. The van der Waals surface area contributed by atoms with Crippen LogP contribution in [0.2, 0.25) is 0 Å². The zero-order valence-electron chi connectivity index (χ0n) is 12.2. The molecule has 3 rings (SSSR count). The van der Waals surface area contributed by atoms with Crippen LogP contribution in [0.4, 0.5) is 0 Å². The summed E-state index contributed by atoms with van der Waals surface area (Å²) < 4.78 is 0. The highest BCUT2D eigenvalue weighted by molar-refractivity contribution is 5.22. The van der Waals surface area contributed by atoms with Gasteiger partial charge in [-0.05, 0) is 36.6 Å². The highest BCUT2D eigenvalue weighted by Crippen LogP contribution is 2.36. The van der Waals surface area contributed by atoms with E-state index in [9.17, 15) is 5.11 Å². The van der Waals surface area contributed by atoms with E-state index in [1.165, 1.54) is 24.0 Å². The summed E-state index contributed by atoms with van der Waals surface area (Å²) in [5.74, 6) is 0. The quantitative estimate of drug-likeness (QED) is 0.934. The fourth-order valence-corrected chi connectivity index (χ4v) is 3.33. The number of hydrogen-bond donors (Lipinski definition) is 1. The van der Waals surface area contributed by atoms with Gasteiger partial charge in [-0.3, -0.25) is 9.88 Å². The van der Waals surface area contributed by atoms with E-state index in [-0.39, 0.29) is 12.6 Å². The van der Waals surface area contributed by atoms with Crippen LogP contribution in [0.1, 0.15) is 42.5 Å². The number of rotatable bonds is 4. The summed E-state index contributed by atoms with van der Waals surface area (Å²) in [5, 5.41) is 9.94. The first-order chi connectivity index (χ1) is 10.4. The van der Waals surface area contributed by atoms with Crippen LogP contribution in [0.3, 0.4) is 0 Å². The Hall–Kier alpha value is -1.71. The standard InChI is InChI=1S/C18H22N2O/c21-14-18(15-7-2-1-3-8-15)20-12-5-4-10-17(20)16-9-6-11-19-13-16/h1-3,6-9,11,13,17-18,21H,4-5,10,12,14H2/t17-,18+/m1/s1. The van der Waals surface area contributed by atoms with Crippen LogP contribution in [-0.4, -0.2) is 28.1 Å². The number of benzene rings is 1. The van der Waals surface area contributed by atoms with Gasteiger partial charge in [0, 0.05) is 18.4 Å². The number of piperidine rings is 1. The number of hydrogen-bond acceptors (Lipinski definition) is 3. The van der Waals surface area contributed by atoms with Crippen molar-refractivity contribution in [1.29, 1.82) is 0 Å². The highest BCUT2D eigenvalue weighted by Gasteiger charge is 2.30. The summed E-state index contributed by atoms with van der Waals surface area (Å²) in [5.41, 5.74) is 2.45. The molecule has 0 spiro atoms. The molecule has 1 fully saturated rings. The predicted molar refractivity (Wildman–Crippen MR) is 83.8 cm³/mol. The SMILES string of the molecule is OC[C@@H](c1ccccc1)N1CCCC[C@@H]1c1cccnc1. The smallest absolute Gasteiger partial charge is 0.0628 e. The molecule has 0 amide bonds. The molecule has 1 N–H and O–H groups in total. The van der Waals surface area contributed by atoms with Crippen LogP contribution in [0.15, 0.2) is 54.9 Å².